The Morgan fingerprint density at radius 3 is 2.25 bits per heavy atom. The Balaban J connectivity index is 2.03. The Hall–Kier alpha value is -0.510. The standard InChI is InChI=1S/C12H19NO2S/c1-9-5-10(14)13(11(15)6-9)7-12(8-16)3-2-4-12/h9,16H,2-8H2,1H3. The topological polar surface area (TPSA) is 37.4 Å². The average molecular weight is 241 g/mol. The number of piperidine rings is 1. The summed E-state index contributed by atoms with van der Waals surface area (Å²) in [6, 6.07) is 0. The molecule has 1 aliphatic heterocycles. The number of carbonyl (C=O) groups is 2. The van der Waals surface area contributed by atoms with E-state index in [1.807, 2.05) is 6.92 Å². The van der Waals surface area contributed by atoms with Crippen LogP contribution in [0.15, 0.2) is 0 Å². The predicted molar refractivity (Wildman–Crippen MR) is 65.3 cm³/mol. The Labute approximate surface area is 102 Å². The molecular formula is C12H19NO2S. The second kappa shape index (κ2) is 4.40. The van der Waals surface area contributed by atoms with E-state index in [1.54, 1.807) is 0 Å². The minimum Gasteiger partial charge on any atom is -0.282 e. The molecule has 2 aliphatic rings. The fourth-order valence-corrected chi connectivity index (χ4v) is 3.00. The first-order valence-corrected chi connectivity index (χ1v) is 6.64. The molecule has 1 saturated carbocycles. The monoisotopic (exact) mass is 241 g/mol. The number of imide groups is 1. The molecule has 90 valence electrons. The summed E-state index contributed by atoms with van der Waals surface area (Å²) in [5, 5.41) is 0. The molecule has 1 aliphatic carbocycles. The summed E-state index contributed by atoms with van der Waals surface area (Å²) in [5.74, 6) is 1.01. The Morgan fingerprint density at radius 1 is 1.31 bits per heavy atom. The minimum absolute atomic E-state index is 0.0109. The first kappa shape index (κ1) is 12.0. The van der Waals surface area contributed by atoms with E-state index in [-0.39, 0.29) is 23.1 Å². The minimum atomic E-state index is 0.0109. The van der Waals surface area contributed by atoms with Gasteiger partial charge in [0, 0.05) is 19.4 Å². The number of carbonyl (C=O) groups excluding carboxylic acids is 2. The molecule has 0 bridgehead atoms. The number of hydrogen-bond acceptors (Lipinski definition) is 3. The summed E-state index contributed by atoms with van der Waals surface area (Å²) in [4.78, 5) is 25.1. The molecule has 0 spiro atoms. The maximum atomic E-state index is 11.8. The molecule has 1 heterocycles. The van der Waals surface area contributed by atoms with E-state index in [9.17, 15) is 9.59 Å². The van der Waals surface area contributed by atoms with E-state index in [2.05, 4.69) is 12.6 Å². The largest absolute Gasteiger partial charge is 0.282 e. The van der Waals surface area contributed by atoms with Crippen molar-refractivity contribution in [2.45, 2.75) is 39.0 Å². The van der Waals surface area contributed by atoms with E-state index >= 15 is 0 Å². The van der Waals surface area contributed by atoms with Crippen LogP contribution in [-0.2, 0) is 9.59 Å². The van der Waals surface area contributed by atoms with Crippen LogP contribution in [0.5, 0.6) is 0 Å². The smallest absolute Gasteiger partial charge is 0.229 e. The molecule has 0 N–H and O–H groups in total. The van der Waals surface area contributed by atoms with Crippen molar-refractivity contribution in [2.24, 2.45) is 11.3 Å². The summed E-state index contributed by atoms with van der Waals surface area (Å²) in [6.45, 7) is 2.56. The van der Waals surface area contributed by atoms with Gasteiger partial charge in [0.05, 0.1) is 0 Å². The van der Waals surface area contributed by atoms with Crippen molar-refractivity contribution in [1.82, 2.24) is 4.90 Å². The highest BCUT2D eigenvalue weighted by molar-refractivity contribution is 7.80. The summed E-state index contributed by atoms with van der Waals surface area (Å²) >= 11 is 4.36. The van der Waals surface area contributed by atoms with E-state index < -0.39 is 0 Å². The van der Waals surface area contributed by atoms with Crippen LogP contribution in [0.2, 0.25) is 0 Å². The van der Waals surface area contributed by atoms with Crippen LogP contribution < -0.4 is 0 Å². The summed E-state index contributed by atoms with van der Waals surface area (Å²) in [6.07, 6.45) is 4.45. The third-order valence-corrected chi connectivity index (χ3v) is 4.56. The highest BCUT2D eigenvalue weighted by Gasteiger charge is 2.41. The van der Waals surface area contributed by atoms with E-state index in [4.69, 9.17) is 0 Å². The molecule has 2 amide bonds. The number of thiol groups is 1. The molecule has 4 heteroatoms. The van der Waals surface area contributed by atoms with Crippen LogP contribution in [0.25, 0.3) is 0 Å². The SMILES string of the molecule is CC1CC(=O)N(CC2(CS)CCC2)C(=O)C1. The first-order chi connectivity index (χ1) is 7.56. The van der Waals surface area contributed by atoms with Crippen LogP contribution in [0, 0.1) is 11.3 Å². The molecule has 2 fully saturated rings. The number of likely N-dealkylation sites (tertiary alicyclic amines) is 1. The molecule has 0 aromatic carbocycles. The number of amides is 2. The Kier molecular flexibility index (Phi) is 3.29. The van der Waals surface area contributed by atoms with Crippen molar-refractivity contribution in [3.63, 3.8) is 0 Å². The molecule has 0 aromatic heterocycles. The van der Waals surface area contributed by atoms with Gasteiger partial charge in [0.25, 0.3) is 0 Å². The van der Waals surface area contributed by atoms with E-state index in [0.717, 1.165) is 18.6 Å². The van der Waals surface area contributed by atoms with Crippen molar-refractivity contribution in [2.75, 3.05) is 12.3 Å². The second-order valence-corrected chi connectivity index (χ2v) is 5.71. The summed E-state index contributed by atoms with van der Waals surface area (Å²) < 4.78 is 0. The molecule has 16 heavy (non-hydrogen) atoms. The van der Waals surface area contributed by atoms with Gasteiger partial charge in [-0.2, -0.15) is 12.6 Å². The van der Waals surface area contributed by atoms with E-state index in [0.29, 0.717) is 19.4 Å². The maximum Gasteiger partial charge on any atom is 0.229 e. The van der Waals surface area contributed by atoms with Crippen molar-refractivity contribution in [3.8, 4) is 0 Å². The lowest BCUT2D eigenvalue weighted by Crippen LogP contribution is -2.51. The normalized spacial score (nSPS) is 25.8. The first-order valence-electron chi connectivity index (χ1n) is 6.00. The predicted octanol–water partition coefficient (Wildman–Crippen LogP) is 1.87. The van der Waals surface area contributed by atoms with Crippen molar-refractivity contribution >= 4 is 24.4 Å². The van der Waals surface area contributed by atoms with Crippen LogP contribution >= 0.6 is 12.6 Å². The van der Waals surface area contributed by atoms with Gasteiger partial charge in [-0.3, -0.25) is 14.5 Å². The van der Waals surface area contributed by atoms with Gasteiger partial charge in [-0.05, 0) is 29.9 Å². The summed E-state index contributed by atoms with van der Waals surface area (Å²) in [5.41, 5.74) is 0.120. The third kappa shape index (κ3) is 2.12. The molecule has 0 unspecified atom stereocenters. The van der Waals surface area contributed by atoms with Gasteiger partial charge in [0.1, 0.15) is 0 Å². The zero-order valence-corrected chi connectivity index (χ0v) is 10.6. The molecular weight excluding hydrogens is 222 g/mol. The van der Waals surface area contributed by atoms with Gasteiger partial charge < -0.3 is 0 Å². The fourth-order valence-electron chi connectivity index (χ4n) is 2.58. The maximum absolute atomic E-state index is 11.8. The molecule has 2 rings (SSSR count). The number of nitrogens with zero attached hydrogens (tertiary/aromatic N) is 1. The van der Waals surface area contributed by atoms with Gasteiger partial charge >= 0.3 is 0 Å². The highest BCUT2D eigenvalue weighted by atomic mass is 32.1. The fraction of sp³-hybridized carbons (Fsp3) is 0.833. The molecule has 0 radical (unpaired) electrons. The molecule has 0 atom stereocenters. The van der Waals surface area contributed by atoms with Crippen molar-refractivity contribution in [1.29, 1.82) is 0 Å². The Morgan fingerprint density at radius 2 is 1.88 bits per heavy atom. The second-order valence-electron chi connectivity index (χ2n) is 5.40. The quantitative estimate of drug-likeness (QED) is 0.605. The van der Waals surface area contributed by atoms with Crippen molar-refractivity contribution in [3.05, 3.63) is 0 Å². The third-order valence-electron chi connectivity index (χ3n) is 3.89. The average Bonchev–Trinajstić information content (AvgIpc) is 2.14. The lowest BCUT2D eigenvalue weighted by atomic mass is 9.69. The zero-order valence-electron chi connectivity index (χ0n) is 9.74. The van der Waals surface area contributed by atoms with Crippen LogP contribution in [0.3, 0.4) is 0 Å². The van der Waals surface area contributed by atoms with E-state index in [1.165, 1.54) is 11.3 Å². The van der Waals surface area contributed by atoms with Crippen LogP contribution in [0.4, 0.5) is 0 Å². The number of rotatable bonds is 3. The molecule has 1 saturated heterocycles. The van der Waals surface area contributed by atoms with Gasteiger partial charge in [0.15, 0.2) is 0 Å². The zero-order chi connectivity index (χ0) is 11.8. The summed E-state index contributed by atoms with van der Waals surface area (Å²) in [7, 11) is 0. The Bertz CT molecular complexity index is 289. The highest BCUT2D eigenvalue weighted by Crippen LogP contribution is 2.43. The number of hydrogen-bond donors (Lipinski definition) is 1. The van der Waals surface area contributed by atoms with Gasteiger partial charge in [-0.25, -0.2) is 0 Å². The van der Waals surface area contributed by atoms with Crippen molar-refractivity contribution < 1.29 is 9.59 Å². The lowest BCUT2D eigenvalue weighted by Gasteiger charge is -2.44. The van der Waals surface area contributed by atoms with Gasteiger partial charge in [-0.15, -0.1) is 0 Å². The molecule has 3 nitrogen and oxygen atoms in total. The van der Waals surface area contributed by atoms with Crippen LogP contribution in [0.1, 0.15) is 39.0 Å². The van der Waals surface area contributed by atoms with Gasteiger partial charge in [0.2, 0.25) is 11.8 Å². The molecule has 0 aromatic rings. The van der Waals surface area contributed by atoms with Crippen LogP contribution in [-0.4, -0.2) is 29.0 Å². The van der Waals surface area contributed by atoms with Gasteiger partial charge in [-0.1, -0.05) is 13.3 Å². The lowest BCUT2D eigenvalue weighted by molar-refractivity contribution is -0.152.